The van der Waals surface area contributed by atoms with Crippen LogP contribution in [0.1, 0.15) is 10.4 Å². The van der Waals surface area contributed by atoms with Crippen LogP contribution in [0, 0.1) is 11.3 Å². The predicted octanol–water partition coefficient (Wildman–Crippen LogP) is 3.34. The van der Waals surface area contributed by atoms with Crippen molar-refractivity contribution in [2.75, 3.05) is 20.2 Å². The topological polar surface area (TPSA) is 56.5 Å². The lowest BCUT2D eigenvalue weighted by molar-refractivity contribution is 0.0746. The van der Waals surface area contributed by atoms with E-state index in [9.17, 15) is 5.11 Å². The number of hydrogen-bond acceptors (Lipinski definition) is 5. The molecule has 23 heavy (non-hydrogen) atoms. The molecule has 1 heterocycles. The number of aliphatic hydroxyl groups excluding tert-OH is 1. The zero-order valence-electron chi connectivity index (χ0n) is 12.9. The first-order chi connectivity index (χ1) is 11.1. The molecular formula is C17H19ClN2O2S. The molecule has 0 radical (unpaired) electrons. The molecule has 0 spiro atoms. The number of aliphatic hydroxyl groups is 1. The second-order valence-corrected chi connectivity index (χ2v) is 7.15. The van der Waals surface area contributed by atoms with Crippen molar-refractivity contribution in [2.45, 2.75) is 19.1 Å². The van der Waals surface area contributed by atoms with Crippen LogP contribution in [0.5, 0.6) is 5.75 Å². The minimum atomic E-state index is -0.575. The van der Waals surface area contributed by atoms with Crippen molar-refractivity contribution in [1.82, 2.24) is 4.90 Å². The molecule has 1 aromatic carbocycles. The van der Waals surface area contributed by atoms with Gasteiger partial charge in [-0.05, 0) is 36.9 Å². The molecule has 0 amide bonds. The molecule has 1 N–H and O–H groups in total. The molecule has 0 bridgehead atoms. The monoisotopic (exact) mass is 350 g/mol. The van der Waals surface area contributed by atoms with Gasteiger partial charge >= 0.3 is 0 Å². The van der Waals surface area contributed by atoms with Crippen LogP contribution in [0.2, 0.25) is 4.34 Å². The van der Waals surface area contributed by atoms with Gasteiger partial charge in [0.05, 0.1) is 16.8 Å². The molecule has 4 nitrogen and oxygen atoms in total. The first kappa shape index (κ1) is 17.8. The average molecular weight is 351 g/mol. The summed E-state index contributed by atoms with van der Waals surface area (Å²) >= 11 is 7.46. The zero-order chi connectivity index (χ0) is 16.7. The summed E-state index contributed by atoms with van der Waals surface area (Å²) in [6, 6.07) is 13.3. The molecule has 6 heteroatoms. The minimum Gasteiger partial charge on any atom is -0.491 e. The van der Waals surface area contributed by atoms with Gasteiger partial charge in [-0.15, -0.1) is 11.3 Å². The smallest absolute Gasteiger partial charge is 0.119 e. The number of hydrogen-bond donors (Lipinski definition) is 1. The molecule has 1 atom stereocenters. The average Bonchev–Trinajstić information content (AvgIpc) is 2.91. The van der Waals surface area contributed by atoms with Crippen molar-refractivity contribution >= 4 is 22.9 Å². The van der Waals surface area contributed by atoms with Crippen LogP contribution in [-0.2, 0) is 13.0 Å². The van der Waals surface area contributed by atoms with E-state index >= 15 is 0 Å². The van der Waals surface area contributed by atoms with Crippen molar-refractivity contribution in [3.8, 4) is 11.8 Å². The summed E-state index contributed by atoms with van der Waals surface area (Å²) in [4.78, 5) is 3.20. The van der Waals surface area contributed by atoms with Gasteiger partial charge in [0.15, 0.2) is 0 Å². The molecule has 0 saturated heterocycles. The first-order valence-electron chi connectivity index (χ1n) is 7.26. The maximum atomic E-state index is 10.1. The number of ether oxygens (including phenoxy) is 1. The minimum absolute atomic E-state index is 0.229. The van der Waals surface area contributed by atoms with E-state index in [4.69, 9.17) is 21.6 Å². The standard InChI is InChI=1S/C17H19ClN2O2S/c1-20(11-16-6-7-17(18)23-16)10-14(21)12-22-15-4-2-13(3-5-15)8-9-19/h2-7,14,21H,8,10-12H2,1H3/t14-/m1/s1. The number of nitriles is 1. The van der Waals surface area contributed by atoms with Crippen LogP contribution in [-0.4, -0.2) is 36.3 Å². The normalized spacial score (nSPS) is 12.1. The highest BCUT2D eigenvalue weighted by atomic mass is 35.5. The maximum absolute atomic E-state index is 10.1. The Balaban J connectivity index is 1.73. The van der Waals surface area contributed by atoms with Crippen LogP contribution in [0.3, 0.4) is 0 Å². The van der Waals surface area contributed by atoms with E-state index in [1.54, 1.807) is 11.3 Å². The highest BCUT2D eigenvalue weighted by Crippen LogP contribution is 2.22. The SMILES string of the molecule is CN(Cc1ccc(Cl)s1)C[C@@H](O)COc1ccc(CC#N)cc1. The fourth-order valence-corrected chi connectivity index (χ4v) is 3.33. The van der Waals surface area contributed by atoms with Crippen molar-refractivity contribution in [1.29, 1.82) is 5.26 Å². The number of nitrogens with zero attached hydrogens (tertiary/aromatic N) is 2. The summed E-state index contributed by atoms with van der Waals surface area (Å²) in [6.07, 6.45) is -0.185. The van der Waals surface area contributed by atoms with Gasteiger partial charge < -0.3 is 9.84 Å². The van der Waals surface area contributed by atoms with Crippen molar-refractivity contribution in [3.63, 3.8) is 0 Å². The Morgan fingerprint density at radius 2 is 2.04 bits per heavy atom. The van der Waals surface area contributed by atoms with Crippen LogP contribution >= 0.6 is 22.9 Å². The summed E-state index contributed by atoms with van der Waals surface area (Å²) in [7, 11) is 1.95. The Hall–Kier alpha value is -1.58. The number of halogens is 1. The van der Waals surface area contributed by atoms with Crippen LogP contribution in [0.15, 0.2) is 36.4 Å². The fraction of sp³-hybridized carbons (Fsp3) is 0.353. The summed E-state index contributed by atoms with van der Waals surface area (Å²) < 4.78 is 6.35. The van der Waals surface area contributed by atoms with E-state index in [1.807, 2.05) is 48.3 Å². The Labute approximate surface area is 145 Å². The van der Waals surface area contributed by atoms with Gasteiger partial charge in [-0.2, -0.15) is 5.26 Å². The second-order valence-electron chi connectivity index (χ2n) is 5.35. The molecule has 0 unspecified atom stereocenters. The summed E-state index contributed by atoms with van der Waals surface area (Å²) in [5, 5.41) is 18.7. The quantitative estimate of drug-likeness (QED) is 0.793. The van der Waals surface area contributed by atoms with E-state index in [2.05, 4.69) is 6.07 Å². The molecule has 0 aliphatic rings. The maximum Gasteiger partial charge on any atom is 0.119 e. The Kier molecular flexibility index (Phi) is 6.87. The van der Waals surface area contributed by atoms with Crippen LogP contribution < -0.4 is 4.74 Å². The largest absolute Gasteiger partial charge is 0.491 e. The summed E-state index contributed by atoms with van der Waals surface area (Å²) in [5.41, 5.74) is 0.953. The van der Waals surface area contributed by atoms with Gasteiger partial charge in [0.2, 0.25) is 0 Å². The molecule has 122 valence electrons. The lowest BCUT2D eigenvalue weighted by atomic mass is 10.2. The van der Waals surface area contributed by atoms with E-state index in [0.717, 1.165) is 16.4 Å². The predicted molar refractivity (Wildman–Crippen MR) is 92.9 cm³/mol. The zero-order valence-corrected chi connectivity index (χ0v) is 14.5. The van der Waals surface area contributed by atoms with Gasteiger partial charge in [0, 0.05) is 18.0 Å². The Morgan fingerprint density at radius 1 is 1.30 bits per heavy atom. The van der Waals surface area contributed by atoms with Gasteiger partial charge in [0.1, 0.15) is 18.5 Å². The Bertz CT molecular complexity index is 651. The van der Waals surface area contributed by atoms with E-state index in [-0.39, 0.29) is 6.61 Å². The molecule has 0 aliphatic carbocycles. The number of likely N-dealkylation sites (N-methyl/N-ethyl adjacent to an activating group) is 1. The van der Waals surface area contributed by atoms with Crippen LogP contribution in [0.4, 0.5) is 0 Å². The van der Waals surface area contributed by atoms with Gasteiger partial charge in [-0.3, -0.25) is 4.90 Å². The third kappa shape index (κ3) is 6.20. The molecule has 2 aromatic rings. The molecule has 0 aliphatic heterocycles. The van der Waals surface area contributed by atoms with E-state index < -0.39 is 6.10 Å². The number of thiophene rings is 1. The highest BCUT2D eigenvalue weighted by molar-refractivity contribution is 7.16. The highest BCUT2D eigenvalue weighted by Gasteiger charge is 2.10. The number of benzene rings is 1. The number of rotatable bonds is 8. The third-order valence-electron chi connectivity index (χ3n) is 3.23. The van der Waals surface area contributed by atoms with E-state index in [1.165, 1.54) is 4.88 Å². The first-order valence-corrected chi connectivity index (χ1v) is 8.46. The lowest BCUT2D eigenvalue weighted by Crippen LogP contribution is -2.32. The lowest BCUT2D eigenvalue weighted by Gasteiger charge is -2.20. The Morgan fingerprint density at radius 3 is 2.65 bits per heavy atom. The summed E-state index contributed by atoms with van der Waals surface area (Å²) in [6.45, 7) is 1.49. The van der Waals surface area contributed by atoms with Gasteiger partial charge in [0.25, 0.3) is 0 Å². The third-order valence-corrected chi connectivity index (χ3v) is 4.44. The molecular weight excluding hydrogens is 332 g/mol. The van der Waals surface area contributed by atoms with Crippen molar-refractivity contribution < 1.29 is 9.84 Å². The summed E-state index contributed by atoms with van der Waals surface area (Å²) in [5.74, 6) is 0.693. The molecule has 0 fully saturated rings. The molecule has 1 aromatic heterocycles. The second kappa shape index (κ2) is 8.90. The molecule has 0 saturated carbocycles. The molecule has 2 rings (SSSR count). The fourth-order valence-electron chi connectivity index (χ4n) is 2.17. The van der Waals surface area contributed by atoms with Crippen molar-refractivity contribution in [2.24, 2.45) is 0 Å². The van der Waals surface area contributed by atoms with Gasteiger partial charge in [-0.25, -0.2) is 0 Å². The van der Waals surface area contributed by atoms with E-state index in [0.29, 0.717) is 18.7 Å². The van der Waals surface area contributed by atoms with Gasteiger partial charge in [-0.1, -0.05) is 23.7 Å². The van der Waals surface area contributed by atoms with Crippen LogP contribution in [0.25, 0.3) is 0 Å². The van der Waals surface area contributed by atoms with Crippen molar-refractivity contribution in [3.05, 3.63) is 51.2 Å².